The lowest BCUT2D eigenvalue weighted by atomic mass is 10.1. The van der Waals surface area contributed by atoms with Gasteiger partial charge in [-0.25, -0.2) is 0 Å². The highest BCUT2D eigenvalue weighted by atomic mass is 16.6. The predicted octanol–water partition coefficient (Wildman–Crippen LogP) is 1.52. The number of amides is 1. The minimum absolute atomic E-state index is 0.0162. The van der Waals surface area contributed by atoms with Crippen LogP contribution in [0.1, 0.15) is 17.3 Å². The van der Waals surface area contributed by atoms with Gasteiger partial charge in [-0.3, -0.25) is 14.9 Å². The monoisotopic (exact) mass is 265 g/mol. The molecule has 1 unspecified atom stereocenters. The second kappa shape index (κ2) is 6.84. The molecule has 0 aliphatic carbocycles. The summed E-state index contributed by atoms with van der Waals surface area (Å²) in [6.45, 7) is 3.52. The van der Waals surface area contributed by atoms with Crippen LogP contribution in [-0.2, 0) is 0 Å². The van der Waals surface area contributed by atoms with Crippen LogP contribution in [-0.4, -0.2) is 42.9 Å². The molecule has 0 bridgehead atoms. The van der Waals surface area contributed by atoms with Crippen LogP contribution in [0.4, 0.5) is 5.69 Å². The summed E-state index contributed by atoms with van der Waals surface area (Å²) in [4.78, 5) is 23.9. The van der Waals surface area contributed by atoms with Gasteiger partial charge in [0.2, 0.25) is 0 Å². The molecule has 0 saturated heterocycles. The summed E-state index contributed by atoms with van der Waals surface area (Å²) >= 11 is 0. The zero-order chi connectivity index (χ0) is 14.4. The minimum atomic E-state index is -0.485. The Labute approximate surface area is 112 Å². The van der Waals surface area contributed by atoms with E-state index in [2.05, 4.69) is 17.1 Å². The first-order valence-corrected chi connectivity index (χ1v) is 6.07. The maximum Gasteiger partial charge on any atom is 0.269 e. The number of rotatable bonds is 6. The van der Waals surface area contributed by atoms with Crippen molar-refractivity contribution in [3.05, 3.63) is 39.9 Å². The second-order valence-electron chi connectivity index (χ2n) is 4.88. The lowest BCUT2D eigenvalue weighted by Gasteiger charge is -2.17. The zero-order valence-corrected chi connectivity index (χ0v) is 11.4. The van der Waals surface area contributed by atoms with Gasteiger partial charge in [-0.2, -0.15) is 0 Å². The average molecular weight is 265 g/mol. The van der Waals surface area contributed by atoms with E-state index in [-0.39, 0.29) is 11.6 Å². The average Bonchev–Trinajstić information content (AvgIpc) is 2.35. The van der Waals surface area contributed by atoms with E-state index >= 15 is 0 Å². The third-order valence-electron chi connectivity index (χ3n) is 2.63. The summed E-state index contributed by atoms with van der Waals surface area (Å²) in [5.74, 6) is 0.137. The number of hydrogen-bond acceptors (Lipinski definition) is 4. The third kappa shape index (κ3) is 5.05. The van der Waals surface area contributed by atoms with Gasteiger partial charge in [0.15, 0.2) is 0 Å². The SMILES string of the molecule is CC(CNC(=O)c1ccc([N+](=O)[O-])cc1)CN(C)C. The van der Waals surface area contributed by atoms with Crippen molar-refractivity contribution in [3.63, 3.8) is 0 Å². The molecule has 19 heavy (non-hydrogen) atoms. The first-order chi connectivity index (χ1) is 8.90. The Morgan fingerprint density at radius 1 is 1.37 bits per heavy atom. The van der Waals surface area contributed by atoms with Gasteiger partial charge in [0.25, 0.3) is 11.6 Å². The molecule has 0 heterocycles. The second-order valence-corrected chi connectivity index (χ2v) is 4.88. The summed E-state index contributed by atoms with van der Waals surface area (Å²) < 4.78 is 0. The van der Waals surface area contributed by atoms with Crippen LogP contribution in [0, 0.1) is 16.0 Å². The van der Waals surface area contributed by atoms with Gasteiger partial charge in [0.1, 0.15) is 0 Å². The number of benzene rings is 1. The van der Waals surface area contributed by atoms with E-state index in [4.69, 9.17) is 0 Å². The first-order valence-electron chi connectivity index (χ1n) is 6.07. The summed E-state index contributed by atoms with van der Waals surface area (Å²) in [6, 6.07) is 5.59. The molecule has 1 aromatic carbocycles. The fraction of sp³-hybridized carbons (Fsp3) is 0.462. The number of carbonyl (C=O) groups is 1. The minimum Gasteiger partial charge on any atom is -0.352 e. The van der Waals surface area contributed by atoms with Gasteiger partial charge < -0.3 is 10.2 Å². The van der Waals surface area contributed by atoms with Crippen LogP contribution < -0.4 is 5.32 Å². The quantitative estimate of drug-likeness (QED) is 0.625. The first kappa shape index (κ1) is 15.1. The van der Waals surface area contributed by atoms with E-state index in [1.54, 1.807) is 0 Å². The number of nitrogens with one attached hydrogen (secondary N) is 1. The Balaban J connectivity index is 2.52. The number of nitro benzene ring substituents is 1. The van der Waals surface area contributed by atoms with E-state index in [0.717, 1.165) is 6.54 Å². The normalized spacial score (nSPS) is 12.2. The Morgan fingerprint density at radius 3 is 2.42 bits per heavy atom. The number of nitrogens with zero attached hydrogens (tertiary/aromatic N) is 2. The van der Waals surface area contributed by atoms with E-state index in [0.29, 0.717) is 18.0 Å². The summed E-state index contributed by atoms with van der Waals surface area (Å²) in [6.07, 6.45) is 0. The Hall–Kier alpha value is -1.95. The summed E-state index contributed by atoms with van der Waals surface area (Å²) in [7, 11) is 3.96. The molecule has 1 atom stereocenters. The van der Waals surface area contributed by atoms with Gasteiger partial charge in [-0.05, 0) is 32.1 Å². The molecular weight excluding hydrogens is 246 g/mol. The molecule has 1 rings (SSSR count). The molecule has 1 N–H and O–H groups in total. The van der Waals surface area contributed by atoms with Gasteiger partial charge in [0, 0.05) is 30.8 Å². The van der Waals surface area contributed by atoms with E-state index in [1.165, 1.54) is 24.3 Å². The highest BCUT2D eigenvalue weighted by Gasteiger charge is 2.10. The zero-order valence-electron chi connectivity index (χ0n) is 11.4. The molecule has 0 aliphatic rings. The molecule has 0 radical (unpaired) electrons. The highest BCUT2D eigenvalue weighted by molar-refractivity contribution is 5.94. The largest absolute Gasteiger partial charge is 0.352 e. The molecule has 0 spiro atoms. The van der Waals surface area contributed by atoms with Crippen molar-refractivity contribution in [1.82, 2.24) is 10.2 Å². The van der Waals surface area contributed by atoms with Crippen molar-refractivity contribution < 1.29 is 9.72 Å². The van der Waals surface area contributed by atoms with Gasteiger partial charge in [0.05, 0.1) is 4.92 Å². The topological polar surface area (TPSA) is 75.5 Å². The molecule has 6 nitrogen and oxygen atoms in total. The number of nitro groups is 1. The molecule has 0 fully saturated rings. The Kier molecular flexibility index (Phi) is 5.44. The Bertz CT molecular complexity index is 443. The predicted molar refractivity (Wildman–Crippen MR) is 73.1 cm³/mol. The number of hydrogen-bond donors (Lipinski definition) is 1. The van der Waals surface area contributed by atoms with Crippen molar-refractivity contribution in [3.8, 4) is 0 Å². The van der Waals surface area contributed by atoms with Crippen molar-refractivity contribution >= 4 is 11.6 Å². The highest BCUT2D eigenvalue weighted by Crippen LogP contribution is 2.11. The molecular formula is C13H19N3O3. The summed E-state index contributed by atoms with van der Waals surface area (Å²) in [5.41, 5.74) is 0.417. The van der Waals surface area contributed by atoms with Crippen LogP contribution in [0.15, 0.2) is 24.3 Å². The fourth-order valence-electron chi connectivity index (χ4n) is 1.79. The van der Waals surface area contributed by atoms with E-state index < -0.39 is 4.92 Å². The Morgan fingerprint density at radius 2 is 1.95 bits per heavy atom. The molecule has 0 aliphatic heterocycles. The fourth-order valence-corrected chi connectivity index (χ4v) is 1.79. The molecule has 104 valence electrons. The lowest BCUT2D eigenvalue weighted by Crippen LogP contribution is -2.32. The molecule has 0 aromatic heterocycles. The van der Waals surface area contributed by atoms with Crippen LogP contribution in [0.5, 0.6) is 0 Å². The van der Waals surface area contributed by atoms with Crippen LogP contribution in [0.3, 0.4) is 0 Å². The molecule has 0 saturated carbocycles. The van der Waals surface area contributed by atoms with Gasteiger partial charge in [-0.15, -0.1) is 0 Å². The molecule has 1 aromatic rings. The van der Waals surface area contributed by atoms with Crippen molar-refractivity contribution in [2.24, 2.45) is 5.92 Å². The lowest BCUT2D eigenvalue weighted by molar-refractivity contribution is -0.384. The molecule has 1 amide bonds. The van der Waals surface area contributed by atoms with Gasteiger partial charge >= 0.3 is 0 Å². The molecule has 6 heteroatoms. The van der Waals surface area contributed by atoms with Crippen LogP contribution in [0.2, 0.25) is 0 Å². The van der Waals surface area contributed by atoms with Crippen LogP contribution >= 0.6 is 0 Å². The third-order valence-corrected chi connectivity index (χ3v) is 2.63. The number of non-ortho nitro benzene ring substituents is 1. The standard InChI is InChI=1S/C13H19N3O3/c1-10(9-15(2)3)8-14-13(17)11-4-6-12(7-5-11)16(18)19/h4-7,10H,8-9H2,1-3H3,(H,14,17). The van der Waals surface area contributed by atoms with E-state index in [9.17, 15) is 14.9 Å². The van der Waals surface area contributed by atoms with E-state index in [1.807, 2.05) is 14.1 Å². The number of carbonyl (C=O) groups excluding carboxylic acids is 1. The summed E-state index contributed by atoms with van der Waals surface area (Å²) in [5, 5.41) is 13.3. The maximum absolute atomic E-state index is 11.8. The maximum atomic E-state index is 11.8. The van der Waals surface area contributed by atoms with Gasteiger partial charge in [-0.1, -0.05) is 6.92 Å². The smallest absolute Gasteiger partial charge is 0.269 e. The van der Waals surface area contributed by atoms with Crippen molar-refractivity contribution in [2.75, 3.05) is 27.2 Å². The van der Waals surface area contributed by atoms with Crippen molar-refractivity contribution in [1.29, 1.82) is 0 Å². The van der Waals surface area contributed by atoms with Crippen LogP contribution in [0.25, 0.3) is 0 Å². The van der Waals surface area contributed by atoms with Crippen molar-refractivity contribution in [2.45, 2.75) is 6.92 Å².